The first-order valence-electron chi connectivity index (χ1n) is 3.77. The highest BCUT2D eigenvalue weighted by atomic mass is 16.6. The van der Waals surface area contributed by atoms with Crippen molar-refractivity contribution in [3.8, 4) is 0 Å². The van der Waals surface area contributed by atoms with E-state index in [-0.39, 0.29) is 17.6 Å². The normalized spacial score (nSPS) is 14.3. The van der Waals surface area contributed by atoms with Crippen molar-refractivity contribution in [3.05, 3.63) is 0 Å². The maximum atomic E-state index is 11.1. The minimum atomic E-state index is -0.387. The molecule has 66 valence electrons. The molecule has 11 heavy (non-hydrogen) atoms. The van der Waals surface area contributed by atoms with Crippen molar-refractivity contribution in [2.75, 3.05) is 7.05 Å². The maximum absolute atomic E-state index is 11.1. The Morgan fingerprint density at radius 3 is 2.18 bits per heavy atom. The van der Waals surface area contributed by atoms with Gasteiger partial charge in [0.1, 0.15) is 11.6 Å². The van der Waals surface area contributed by atoms with E-state index in [1.165, 1.54) is 0 Å². The molecule has 0 spiro atoms. The fourth-order valence-corrected chi connectivity index (χ4v) is 0.508. The third-order valence-electron chi connectivity index (χ3n) is 1.19. The van der Waals surface area contributed by atoms with Crippen LogP contribution in [0.4, 0.5) is 0 Å². The lowest BCUT2D eigenvalue weighted by Crippen LogP contribution is -2.37. The summed E-state index contributed by atoms with van der Waals surface area (Å²) >= 11 is 0. The first-order valence-corrected chi connectivity index (χ1v) is 3.77. The second-order valence-electron chi connectivity index (χ2n) is 3.54. The average Bonchev–Trinajstić information content (AvgIpc) is 1.82. The smallest absolute Gasteiger partial charge is 0.323 e. The van der Waals surface area contributed by atoms with Crippen LogP contribution < -0.4 is 5.32 Å². The molecule has 0 aromatic heterocycles. The number of likely N-dealkylation sites (N-methyl/N-ethyl adjacent to an activating group) is 1. The fraction of sp³-hybridized carbons (Fsp3) is 0.875. The molecule has 0 radical (unpaired) electrons. The molecule has 0 saturated heterocycles. The predicted molar refractivity (Wildman–Crippen MR) is 44.4 cm³/mol. The van der Waals surface area contributed by atoms with Crippen LogP contribution in [0.1, 0.15) is 27.7 Å². The van der Waals surface area contributed by atoms with Gasteiger partial charge in [-0.1, -0.05) is 0 Å². The van der Waals surface area contributed by atoms with Crippen LogP contribution in [0.25, 0.3) is 0 Å². The molecule has 0 fully saturated rings. The Morgan fingerprint density at radius 1 is 1.45 bits per heavy atom. The first-order chi connectivity index (χ1) is 4.87. The maximum Gasteiger partial charge on any atom is 0.323 e. The Morgan fingerprint density at radius 2 is 1.91 bits per heavy atom. The Balaban J connectivity index is 3.88. The van der Waals surface area contributed by atoms with E-state index >= 15 is 0 Å². The zero-order valence-corrected chi connectivity index (χ0v) is 7.89. The number of carbonyl (C=O) groups is 1. The Bertz CT molecular complexity index is 138. The van der Waals surface area contributed by atoms with Gasteiger partial charge in [-0.05, 0) is 34.7 Å². The summed E-state index contributed by atoms with van der Waals surface area (Å²) in [6.07, 6.45) is 0. The van der Waals surface area contributed by atoms with E-state index in [9.17, 15) is 4.79 Å². The van der Waals surface area contributed by atoms with Crippen LogP contribution >= 0.6 is 0 Å². The quantitative estimate of drug-likeness (QED) is 0.609. The minimum Gasteiger partial charge on any atom is -0.459 e. The van der Waals surface area contributed by atoms with Gasteiger partial charge in [0.05, 0.1) is 0 Å². The summed E-state index contributed by atoms with van der Waals surface area (Å²) in [5.74, 6) is -0.208. The molecule has 0 bridgehead atoms. The van der Waals surface area contributed by atoms with Crippen LogP contribution in [0.3, 0.4) is 0 Å². The van der Waals surface area contributed by atoms with Crippen LogP contribution in [0.15, 0.2) is 0 Å². The molecule has 3 heteroatoms. The van der Waals surface area contributed by atoms with Gasteiger partial charge in [-0.3, -0.25) is 4.79 Å². The van der Waals surface area contributed by atoms with E-state index in [1.807, 2.05) is 20.8 Å². The largest absolute Gasteiger partial charge is 0.459 e. The van der Waals surface area contributed by atoms with E-state index < -0.39 is 0 Å². The Labute approximate surface area is 68.1 Å². The molecule has 0 heterocycles. The van der Waals surface area contributed by atoms with E-state index in [0.29, 0.717) is 0 Å². The third kappa shape index (κ3) is 4.79. The standard InChI is InChI=1S/C8H17NO2/c1-6(9-5)7(10)11-8(2,3)4/h6,9H,1-5H3/t6-/m0/s1. The highest BCUT2D eigenvalue weighted by Gasteiger charge is 2.19. The first kappa shape index (κ1) is 10.4. The molecule has 0 unspecified atom stereocenters. The molecule has 0 aromatic carbocycles. The zero-order valence-electron chi connectivity index (χ0n) is 7.89. The van der Waals surface area contributed by atoms with Crippen LogP contribution in [-0.2, 0) is 9.53 Å². The molecular weight excluding hydrogens is 142 g/mol. The lowest BCUT2D eigenvalue weighted by Gasteiger charge is -2.21. The van der Waals surface area contributed by atoms with Crippen LogP contribution in [0.2, 0.25) is 0 Å². The van der Waals surface area contributed by atoms with Crippen LogP contribution in [0.5, 0.6) is 0 Å². The molecule has 1 atom stereocenters. The highest BCUT2D eigenvalue weighted by Crippen LogP contribution is 2.07. The number of ether oxygens (including phenoxy) is 1. The molecule has 0 saturated carbocycles. The van der Waals surface area contributed by atoms with E-state index in [1.54, 1.807) is 14.0 Å². The van der Waals surface area contributed by atoms with Gasteiger partial charge in [0.2, 0.25) is 0 Å². The number of nitrogens with one attached hydrogen (secondary N) is 1. The van der Waals surface area contributed by atoms with Crippen molar-refractivity contribution in [1.82, 2.24) is 5.32 Å². The SMILES string of the molecule is CN[C@@H](C)C(=O)OC(C)(C)C. The monoisotopic (exact) mass is 159 g/mol. The summed E-state index contributed by atoms with van der Waals surface area (Å²) in [4.78, 5) is 11.1. The van der Waals surface area contributed by atoms with Gasteiger partial charge in [-0.15, -0.1) is 0 Å². The highest BCUT2D eigenvalue weighted by molar-refractivity contribution is 5.75. The topological polar surface area (TPSA) is 38.3 Å². The molecule has 0 aliphatic carbocycles. The average molecular weight is 159 g/mol. The van der Waals surface area contributed by atoms with E-state index in [2.05, 4.69) is 5.32 Å². The van der Waals surface area contributed by atoms with Gasteiger partial charge in [-0.25, -0.2) is 0 Å². The summed E-state index contributed by atoms with van der Waals surface area (Å²) in [7, 11) is 1.73. The molecule has 3 nitrogen and oxygen atoms in total. The molecule has 0 aliphatic rings. The molecular formula is C8H17NO2. The van der Waals surface area contributed by atoms with Gasteiger partial charge >= 0.3 is 5.97 Å². The predicted octanol–water partition coefficient (Wildman–Crippen LogP) is 0.936. The van der Waals surface area contributed by atoms with Crippen molar-refractivity contribution in [2.24, 2.45) is 0 Å². The summed E-state index contributed by atoms with van der Waals surface area (Å²) in [5.41, 5.74) is -0.387. The van der Waals surface area contributed by atoms with Crippen molar-refractivity contribution >= 4 is 5.97 Å². The second kappa shape index (κ2) is 3.72. The van der Waals surface area contributed by atoms with E-state index in [0.717, 1.165) is 0 Å². The number of hydrogen-bond donors (Lipinski definition) is 1. The Kier molecular flexibility index (Phi) is 3.52. The van der Waals surface area contributed by atoms with Gasteiger partial charge in [0.25, 0.3) is 0 Å². The van der Waals surface area contributed by atoms with Gasteiger partial charge in [0.15, 0.2) is 0 Å². The summed E-state index contributed by atoms with van der Waals surface area (Å²) < 4.78 is 5.09. The number of hydrogen-bond acceptors (Lipinski definition) is 3. The molecule has 0 aliphatic heterocycles. The lowest BCUT2D eigenvalue weighted by atomic mass is 10.2. The van der Waals surface area contributed by atoms with E-state index in [4.69, 9.17) is 4.74 Å². The second-order valence-corrected chi connectivity index (χ2v) is 3.54. The van der Waals surface area contributed by atoms with Crippen molar-refractivity contribution < 1.29 is 9.53 Å². The van der Waals surface area contributed by atoms with Gasteiger partial charge in [0, 0.05) is 0 Å². The zero-order chi connectivity index (χ0) is 9.07. The molecule has 0 rings (SSSR count). The molecule has 0 amide bonds. The van der Waals surface area contributed by atoms with Crippen molar-refractivity contribution in [1.29, 1.82) is 0 Å². The van der Waals surface area contributed by atoms with Gasteiger partial charge in [-0.2, -0.15) is 0 Å². The summed E-state index contributed by atoms with van der Waals surface area (Å²) in [6.45, 7) is 7.34. The minimum absolute atomic E-state index is 0.208. The fourth-order valence-electron chi connectivity index (χ4n) is 0.508. The van der Waals surface area contributed by atoms with Gasteiger partial charge < -0.3 is 10.1 Å². The van der Waals surface area contributed by atoms with Crippen LogP contribution in [0, 0.1) is 0 Å². The number of esters is 1. The van der Waals surface area contributed by atoms with Crippen molar-refractivity contribution in [3.63, 3.8) is 0 Å². The molecule has 1 N–H and O–H groups in total. The number of carbonyl (C=O) groups excluding carboxylic acids is 1. The summed E-state index contributed by atoms with van der Waals surface area (Å²) in [6, 6.07) is -0.228. The molecule has 0 aromatic rings. The third-order valence-corrected chi connectivity index (χ3v) is 1.19. The Hall–Kier alpha value is -0.570. The lowest BCUT2D eigenvalue weighted by molar-refractivity contribution is -0.156. The van der Waals surface area contributed by atoms with Crippen LogP contribution in [-0.4, -0.2) is 24.7 Å². The van der Waals surface area contributed by atoms with Crippen molar-refractivity contribution in [2.45, 2.75) is 39.3 Å². The summed E-state index contributed by atoms with van der Waals surface area (Å²) in [5, 5.41) is 2.81. The number of rotatable bonds is 2.